The van der Waals surface area contributed by atoms with Gasteiger partial charge in [-0.3, -0.25) is 10.1 Å². The highest BCUT2D eigenvalue weighted by molar-refractivity contribution is 7.15. The molecule has 0 saturated heterocycles. The summed E-state index contributed by atoms with van der Waals surface area (Å²) in [6, 6.07) is 0. The average molecular weight is 341 g/mol. The van der Waals surface area contributed by atoms with Crippen molar-refractivity contribution in [2.45, 2.75) is 26.9 Å². The molecule has 9 heteroatoms. The number of hydrogen-bond donors (Lipinski definition) is 2. The van der Waals surface area contributed by atoms with Gasteiger partial charge in [-0.05, 0) is 12.3 Å². The number of nitrogens with zero attached hydrogens (tertiary/aromatic N) is 3. The van der Waals surface area contributed by atoms with Gasteiger partial charge in [0.1, 0.15) is 17.3 Å². The van der Waals surface area contributed by atoms with Gasteiger partial charge in [0.05, 0.1) is 0 Å². The van der Waals surface area contributed by atoms with E-state index in [1.165, 1.54) is 22.7 Å². The molecule has 0 bridgehead atoms. The van der Waals surface area contributed by atoms with E-state index in [4.69, 9.17) is 4.74 Å². The van der Waals surface area contributed by atoms with Crippen LogP contribution >= 0.6 is 22.7 Å². The third-order valence-electron chi connectivity index (χ3n) is 2.69. The first kappa shape index (κ1) is 16.8. The fourth-order valence-electron chi connectivity index (χ4n) is 1.57. The summed E-state index contributed by atoms with van der Waals surface area (Å²) in [5.41, 5.74) is 0.375. The van der Waals surface area contributed by atoms with Gasteiger partial charge in [0.2, 0.25) is 5.13 Å². The topological polar surface area (TPSA) is 89.0 Å². The highest BCUT2D eigenvalue weighted by Gasteiger charge is 2.13. The maximum absolute atomic E-state index is 12.1. The molecule has 2 aromatic rings. The molecule has 22 heavy (non-hydrogen) atoms. The van der Waals surface area contributed by atoms with Gasteiger partial charge in [-0.15, -0.1) is 21.5 Å². The monoisotopic (exact) mass is 341 g/mol. The van der Waals surface area contributed by atoms with Gasteiger partial charge in [-0.2, -0.15) is 0 Å². The number of thiazole rings is 1. The molecule has 0 aliphatic rings. The van der Waals surface area contributed by atoms with E-state index in [1.54, 1.807) is 12.5 Å². The first-order valence-electron chi connectivity index (χ1n) is 6.90. The fourth-order valence-corrected chi connectivity index (χ4v) is 3.00. The second-order valence-corrected chi connectivity index (χ2v) is 6.96. The Balaban J connectivity index is 1.88. The van der Waals surface area contributed by atoms with Crippen LogP contribution in [-0.4, -0.2) is 34.7 Å². The second-order valence-electron chi connectivity index (χ2n) is 5.04. The van der Waals surface area contributed by atoms with E-state index in [0.717, 1.165) is 18.1 Å². The quantitative estimate of drug-likeness (QED) is 0.767. The lowest BCUT2D eigenvalue weighted by molar-refractivity contribution is 0.102. The Labute approximate surface area is 137 Å². The minimum absolute atomic E-state index is 0.284. The maximum Gasteiger partial charge on any atom is 0.277 e. The minimum atomic E-state index is -0.284. The van der Waals surface area contributed by atoms with E-state index >= 15 is 0 Å². The van der Waals surface area contributed by atoms with Gasteiger partial charge in [0.25, 0.3) is 5.91 Å². The Morgan fingerprint density at radius 3 is 2.91 bits per heavy atom. The van der Waals surface area contributed by atoms with E-state index in [9.17, 15) is 4.79 Å². The van der Waals surface area contributed by atoms with Crippen LogP contribution in [0.2, 0.25) is 0 Å². The summed E-state index contributed by atoms with van der Waals surface area (Å²) < 4.78 is 4.96. The van der Waals surface area contributed by atoms with Crippen molar-refractivity contribution in [1.29, 1.82) is 0 Å². The third kappa shape index (κ3) is 5.00. The molecule has 2 heterocycles. The molecule has 0 saturated carbocycles. The molecule has 0 radical (unpaired) electrons. The number of carbonyl (C=O) groups is 1. The average Bonchev–Trinajstić information content (AvgIpc) is 3.08. The Hall–Kier alpha value is -1.58. The molecule has 0 aliphatic heterocycles. The standard InChI is InChI=1S/C13H19N5O2S2/c1-8(2)4-5-14-12-15-9(7-21-12)11(19)16-13-18-17-10(22-13)6-20-3/h7-8H,4-6H2,1-3H3,(H,14,15)(H,16,18,19). The van der Waals surface area contributed by atoms with Gasteiger partial charge in [0, 0.05) is 19.0 Å². The predicted octanol–water partition coefficient (Wildman–Crippen LogP) is 2.85. The van der Waals surface area contributed by atoms with Crippen molar-refractivity contribution in [1.82, 2.24) is 15.2 Å². The zero-order valence-electron chi connectivity index (χ0n) is 12.8. The molecule has 0 aromatic carbocycles. The van der Waals surface area contributed by atoms with Crippen molar-refractivity contribution in [3.05, 3.63) is 16.1 Å². The van der Waals surface area contributed by atoms with Crippen LogP contribution in [-0.2, 0) is 11.3 Å². The minimum Gasteiger partial charge on any atom is -0.377 e. The van der Waals surface area contributed by atoms with Crippen LogP contribution in [0.1, 0.15) is 35.8 Å². The molecule has 2 N–H and O–H groups in total. The number of aromatic nitrogens is 3. The number of anilines is 2. The van der Waals surface area contributed by atoms with Gasteiger partial charge in [0.15, 0.2) is 5.13 Å². The summed E-state index contributed by atoms with van der Waals surface area (Å²) in [5.74, 6) is 0.349. The molecule has 0 fully saturated rings. The summed E-state index contributed by atoms with van der Waals surface area (Å²) in [6.07, 6.45) is 1.06. The molecule has 7 nitrogen and oxygen atoms in total. The van der Waals surface area contributed by atoms with Crippen molar-refractivity contribution < 1.29 is 9.53 Å². The molecule has 2 rings (SSSR count). The van der Waals surface area contributed by atoms with Crippen LogP contribution in [0.4, 0.5) is 10.3 Å². The highest BCUT2D eigenvalue weighted by Crippen LogP contribution is 2.19. The smallest absolute Gasteiger partial charge is 0.277 e. The zero-order chi connectivity index (χ0) is 15.9. The third-order valence-corrected chi connectivity index (χ3v) is 4.30. The van der Waals surface area contributed by atoms with E-state index in [-0.39, 0.29) is 5.91 Å². The maximum atomic E-state index is 12.1. The Bertz CT molecular complexity index is 611. The number of carbonyl (C=O) groups excluding carboxylic acids is 1. The molecule has 2 aromatic heterocycles. The van der Waals surface area contributed by atoms with Crippen molar-refractivity contribution in [3.8, 4) is 0 Å². The molecule has 0 spiro atoms. The van der Waals surface area contributed by atoms with Crippen LogP contribution in [0.5, 0.6) is 0 Å². The Morgan fingerprint density at radius 1 is 1.36 bits per heavy atom. The molecule has 0 aliphatic carbocycles. The van der Waals surface area contributed by atoms with E-state index in [1.807, 2.05) is 0 Å². The molecule has 0 atom stereocenters. The van der Waals surface area contributed by atoms with E-state index in [0.29, 0.717) is 28.4 Å². The number of hydrogen-bond acceptors (Lipinski definition) is 8. The van der Waals surface area contributed by atoms with Crippen LogP contribution in [0.25, 0.3) is 0 Å². The second kappa shape index (κ2) is 8.16. The number of methoxy groups -OCH3 is 1. The van der Waals surface area contributed by atoms with Crippen LogP contribution in [0.15, 0.2) is 5.38 Å². The number of amides is 1. The zero-order valence-corrected chi connectivity index (χ0v) is 14.4. The summed E-state index contributed by atoms with van der Waals surface area (Å²) in [4.78, 5) is 16.4. The Morgan fingerprint density at radius 2 is 2.18 bits per heavy atom. The lowest BCUT2D eigenvalue weighted by Crippen LogP contribution is -2.12. The van der Waals surface area contributed by atoms with Crippen LogP contribution < -0.4 is 10.6 Å². The van der Waals surface area contributed by atoms with Crippen molar-refractivity contribution >= 4 is 38.8 Å². The van der Waals surface area contributed by atoms with Crippen LogP contribution in [0.3, 0.4) is 0 Å². The number of ether oxygens (including phenoxy) is 1. The van der Waals surface area contributed by atoms with Crippen LogP contribution in [0, 0.1) is 5.92 Å². The number of rotatable bonds is 8. The summed E-state index contributed by atoms with van der Waals surface area (Å²) in [7, 11) is 1.59. The SMILES string of the molecule is COCc1nnc(NC(=O)c2csc(NCCC(C)C)n2)s1. The van der Waals surface area contributed by atoms with Gasteiger partial charge in [-0.1, -0.05) is 25.2 Å². The van der Waals surface area contributed by atoms with Gasteiger partial charge in [-0.25, -0.2) is 4.98 Å². The normalized spacial score (nSPS) is 10.9. The Kier molecular flexibility index (Phi) is 6.22. The van der Waals surface area contributed by atoms with E-state index in [2.05, 4.69) is 39.7 Å². The lowest BCUT2D eigenvalue weighted by Gasteiger charge is -2.04. The molecular formula is C13H19N5O2S2. The van der Waals surface area contributed by atoms with Crippen molar-refractivity contribution in [2.24, 2.45) is 5.92 Å². The molecular weight excluding hydrogens is 322 g/mol. The fraction of sp³-hybridized carbons (Fsp3) is 0.538. The molecule has 1 amide bonds. The summed E-state index contributed by atoms with van der Waals surface area (Å²) >= 11 is 2.70. The number of nitrogens with one attached hydrogen (secondary N) is 2. The van der Waals surface area contributed by atoms with Crippen molar-refractivity contribution in [3.63, 3.8) is 0 Å². The highest BCUT2D eigenvalue weighted by atomic mass is 32.1. The van der Waals surface area contributed by atoms with Crippen molar-refractivity contribution in [2.75, 3.05) is 24.3 Å². The first-order chi connectivity index (χ1) is 10.6. The van der Waals surface area contributed by atoms with Gasteiger partial charge < -0.3 is 10.1 Å². The predicted molar refractivity (Wildman–Crippen MR) is 88.6 cm³/mol. The summed E-state index contributed by atoms with van der Waals surface area (Å²) in [5, 5.41) is 17.4. The lowest BCUT2D eigenvalue weighted by atomic mass is 10.1. The molecule has 0 unspecified atom stereocenters. The molecule has 120 valence electrons. The van der Waals surface area contributed by atoms with E-state index < -0.39 is 0 Å². The summed E-state index contributed by atoms with van der Waals surface area (Å²) in [6.45, 7) is 5.57. The van der Waals surface area contributed by atoms with Gasteiger partial charge >= 0.3 is 0 Å². The largest absolute Gasteiger partial charge is 0.377 e. The first-order valence-corrected chi connectivity index (χ1v) is 8.60.